The Bertz CT molecular complexity index is 599. The predicted octanol–water partition coefficient (Wildman–Crippen LogP) is 4.90. The van der Waals surface area contributed by atoms with Gasteiger partial charge in [0.15, 0.2) is 0 Å². The molecule has 0 atom stereocenters. The van der Waals surface area contributed by atoms with Crippen molar-refractivity contribution in [1.82, 2.24) is 0 Å². The fourth-order valence-corrected chi connectivity index (χ4v) is 1.88. The molecule has 5 heteroatoms. The number of nitrogens with one attached hydrogen (secondary N) is 1. The van der Waals surface area contributed by atoms with Crippen LogP contribution >= 0.6 is 34.8 Å². The molecule has 0 fully saturated rings. The molecule has 1 amide bonds. The van der Waals surface area contributed by atoms with Gasteiger partial charge in [-0.05, 0) is 30.3 Å². The van der Waals surface area contributed by atoms with Gasteiger partial charge in [0.2, 0.25) is 0 Å². The van der Waals surface area contributed by atoms with E-state index in [2.05, 4.69) is 5.32 Å². The second kappa shape index (κ2) is 5.61. The van der Waals surface area contributed by atoms with Crippen LogP contribution < -0.4 is 5.32 Å². The van der Waals surface area contributed by atoms with Gasteiger partial charge >= 0.3 is 0 Å². The number of hydrogen-bond acceptors (Lipinski definition) is 1. The van der Waals surface area contributed by atoms with Crippen molar-refractivity contribution in [2.75, 3.05) is 5.32 Å². The smallest absolute Gasteiger partial charge is 0.255 e. The first kappa shape index (κ1) is 13.2. The topological polar surface area (TPSA) is 29.1 Å². The van der Waals surface area contributed by atoms with E-state index >= 15 is 0 Å². The van der Waals surface area contributed by atoms with Crippen molar-refractivity contribution >= 4 is 46.4 Å². The number of rotatable bonds is 2. The summed E-state index contributed by atoms with van der Waals surface area (Å²) in [7, 11) is 0. The number of benzene rings is 2. The molecule has 0 aliphatic rings. The Morgan fingerprint density at radius 2 is 1.61 bits per heavy atom. The van der Waals surface area contributed by atoms with Gasteiger partial charge in [0.1, 0.15) is 0 Å². The van der Waals surface area contributed by atoms with Crippen LogP contribution in [0, 0.1) is 0 Å². The molecule has 0 unspecified atom stereocenters. The SMILES string of the molecule is O=C(Nc1ccccc1Cl)c1ccc(Cl)c(Cl)c1. The fourth-order valence-electron chi connectivity index (χ4n) is 1.39. The Morgan fingerprint density at radius 3 is 2.28 bits per heavy atom. The molecule has 2 rings (SSSR count). The van der Waals surface area contributed by atoms with Crippen LogP contribution in [0.5, 0.6) is 0 Å². The van der Waals surface area contributed by atoms with Gasteiger partial charge < -0.3 is 5.32 Å². The molecule has 18 heavy (non-hydrogen) atoms. The maximum absolute atomic E-state index is 12.0. The van der Waals surface area contributed by atoms with E-state index in [-0.39, 0.29) is 5.91 Å². The summed E-state index contributed by atoms with van der Waals surface area (Å²) in [4.78, 5) is 12.0. The summed E-state index contributed by atoms with van der Waals surface area (Å²) in [5, 5.41) is 3.92. The van der Waals surface area contributed by atoms with E-state index in [1.807, 2.05) is 0 Å². The quantitative estimate of drug-likeness (QED) is 0.840. The highest BCUT2D eigenvalue weighted by Crippen LogP contribution is 2.24. The first-order valence-electron chi connectivity index (χ1n) is 5.09. The first-order valence-corrected chi connectivity index (χ1v) is 6.22. The normalized spacial score (nSPS) is 10.2. The lowest BCUT2D eigenvalue weighted by Crippen LogP contribution is -2.12. The number of carbonyl (C=O) groups excluding carboxylic acids is 1. The lowest BCUT2D eigenvalue weighted by atomic mass is 10.2. The third kappa shape index (κ3) is 2.96. The minimum absolute atomic E-state index is 0.290. The Hall–Kier alpha value is -1.22. The second-order valence-corrected chi connectivity index (χ2v) is 4.78. The van der Waals surface area contributed by atoms with E-state index in [4.69, 9.17) is 34.8 Å². The number of para-hydroxylation sites is 1. The van der Waals surface area contributed by atoms with Gasteiger partial charge in [-0.1, -0.05) is 46.9 Å². The highest BCUT2D eigenvalue weighted by molar-refractivity contribution is 6.42. The number of hydrogen-bond donors (Lipinski definition) is 1. The van der Waals surface area contributed by atoms with Crippen LogP contribution in [0.1, 0.15) is 10.4 Å². The van der Waals surface area contributed by atoms with Crippen LogP contribution in [-0.4, -0.2) is 5.91 Å². The maximum Gasteiger partial charge on any atom is 0.255 e. The summed E-state index contributed by atoms with van der Waals surface area (Å²) in [5.41, 5.74) is 0.972. The predicted molar refractivity (Wildman–Crippen MR) is 75.9 cm³/mol. The number of anilines is 1. The van der Waals surface area contributed by atoms with Crippen molar-refractivity contribution in [2.24, 2.45) is 0 Å². The third-order valence-electron chi connectivity index (χ3n) is 2.30. The molecule has 0 radical (unpaired) electrons. The maximum atomic E-state index is 12.0. The van der Waals surface area contributed by atoms with E-state index in [0.717, 1.165) is 0 Å². The Morgan fingerprint density at radius 1 is 0.889 bits per heavy atom. The van der Waals surface area contributed by atoms with Gasteiger partial charge in [0.25, 0.3) is 5.91 Å². The average Bonchev–Trinajstić information content (AvgIpc) is 2.35. The number of halogens is 3. The lowest BCUT2D eigenvalue weighted by Gasteiger charge is -2.07. The van der Waals surface area contributed by atoms with Crippen molar-refractivity contribution in [2.45, 2.75) is 0 Å². The fraction of sp³-hybridized carbons (Fsp3) is 0. The van der Waals surface area contributed by atoms with Crippen LogP contribution in [0.3, 0.4) is 0 Å². The minimum atomic E-state index is -0.290. The van der Waals surface area contributed by atoms with Crippen molar-refractivity contribution in [3.05, 3.63) is 63.1 Å². The zero-order valence-electron chi connectivity index (χ0n) is 9.08. The molecule has 2 nitrogen and oxygen atoms in total. The molecule has 0 aliphatic heterocycles. The Balaban J connectivity index is 2.22. The molecule has 0 bridgehead atoms. The second-order valence-electron chi connectivity index (χ2n) is 3.56. The van der Waals surface area contributed by atoms with Gasteiger partial charge in [-0.15, -0.1) is 0 Å². The molecule has 0 aliphatic carbocycles. The average molecular weight is 301 g/mol. The molecule has 0 spiro atoms. The monoisotopic (exact) mass is 299 g/mol. The number of amides is 1. The molecular formula is C13H8Cl3NO. The summed E-state index contributed by atoms with van der Waals surface area (Å²) >= 11 is 17.6. The van der Waals surface area contributed by atoms with Gasteiger partial charge in [-0.2, -0.15) is 0 Å². The van der Waals surface area contributed by atoms with E-state index in [1.54, 1.807) is 36.4 Å². The molecule has 1 N–H and O–H groups in total. The van der Waals surface area contributed by atoms with Crippen molar-refractivity contribution in [1.29, 1.82) is 0 Å². The van der Waals surface area contributed by atoms with Gasteiger partial charge in [0.05, 0.1) is 20.8 Å². The summed E-state index contributed by atoms with van der Waals surface area (Å²) in [5.74, 6) is -0.290. The zero-order valence-corrected chi connectivity index (χ0v) is 11.4. The van der Waals surface area contributed by atoms with Crippen molar-refractivity contribution < 1.29 is 4.79 Å². The summed E-state index contributed by atoms with van der Waals surface area (Å²) in [6.45, 7) is 0. The van der Waals surface area contributed by atoms with Crippen LogP contribution in [0.4, 0.5) is 5.69 Å². The van der Waals surface area contributed by atoms with Gasteiger partial charge in [-0.25, -0.2) is 0 Å². The summed E-state index contributed by atoms with van der Waals surface area (Å²) in [6.07, 6.45) is 0. The zero-order chi connectivity index (χ0) is 13.1. The van der Waals surface area contributed by atoms with Crippen molar-refractivity contribution in [3.8, 4) is 0 Å². The Labute approximate surface area is 119 Å². The summed E-state index contributed by atoms with van der Waals surface area (Å²) < 4.78 is 0. The highest BCUT2D eigenvalue weighted by Gasteiger charge is 2.09. The summed E-state index contributed by atoms with van der Waals surface area (Å²) in [6, 6.07) is 11.7. The number of carbonyl (C=O) groups is 1. The molecule has 0 saturated heterocycles. The standard InChI is InChI=1S/C13H8Cl3NO/c14-9-6-5-8(7-11(9)16)13(18)17-12-4-2-1-3-10(12)15/h1-7H,(H,17,18). The molecule has 0 saturated carbocycles. The van der Waals surface area contributed by atoms with E-state index < -0.39 is 0 Å². The highest BCUT2D eigenvalue weighted by atomic mass is 35.5. The molecule has 2 aromatic carbocycles. The lowest BCUT2D eigenvalue weighted by molar-refractivity contribution is 0.102. The van der Waals surface area contributed by atoms with E-state index in [0.29, 0.717) is 26.3 Å². The van der Waals surface area contributed by atoms with Crippen LogP contribution in [0.15, 0.2) is 42.5 Å². The molecular weight excluding hydrogens is 293 g/mol. The van der Waals surface area contributed by atoms with Crippen molar-refractivity contribution in [3.63, 3.8) is 0 Å². The van der Waals surface area contributed by atoms with E-state index in [9.17, 15) is 4.79 Å². The molecule has 2 aromatic rings. The Kier molecular flexibility index (Phi) is 4.12. The molecule has 92 valence electrons. The van der Waals surface area contributed by atoms with Crippen LogP contribution in [0.2, 0.25) is 15.1 Å². The van der Waals surface area contributed by atoms with Crippen LogP contribution in [0.25, 0.3) is 0 Å². The molecule has 0 heterocycles. The largest absolute Gasteiger partial charge is 0.321 e. The minimum Gasteiger partial charge on any atom is -0.321 e. The van der Waals surface area contributed by atoms with Crippen LogP contribution in [-0.2, 0) is 0 Å². The van der Waals surface area contributed by atoms with E-state index in [1.165, 1.54) is 6.07 Å². The molecule has 0 aromatic heterocycles. The van der Waals surface area contributed by atoms with Gasteiger partial charge in [0, 0.05) is 5.56 Å². The van der Waals surface area contributed by atoms with Gasteiger partial charge in [-0.3, -0.25) is 4.79 Å². The first-order chi connectivity index (χ1) is 8.58. The third-order valence-corrected chi connectivity index (χ3v) is 3.37.